The van der Waals surface area contributed by atoms with E-state index in [1.807, 2.05) is 36.4 Å². The third kappa shape index (κ3) is 15.2. The molecule has 6 N–H and O–H groups in total. The molecule has 0 radical (unpaired) electrons. The maximum Gasteiger partial charge on any atom is 0.300 e. The van der Waals surface area contributed by atoms with Gasteiger partial charge in [0.05, 0.1) is 6.42 Å². The highest BCUT2D eigenvalue weighted by atomic mass is 16.4. The molecule has 0 unspecified atom stereocenters. The minimum atomic E-state index is -0.833. The van der Waals surface area contributed by atoms with Gasteiger partial charge in [-0.2, -0.15) is 0 Å². The third-order valence-corrected chi connectivity index (χ3v) is 2.97. The molecule has 0 saturated heterocycles. The Bertz CT molecular complexity index is 812. The van der Waals surface area contributed by atoms with Gasteiger partial charge in [0.2, 0.25) is 0 Å². The molecule has 0 aliphatic heterocycles. The van der Waals surface area contributed by atoms with E-state index in [1.54, 1.807) is 24.3 Å². The van der Waals surface area contributed by atoms with Crippen molar-refractivity contribution in [2.45, 2.75) is 27.2 Å². The summed E-state index contributed by atoms with van der Waals surface area (Å²) >= 11 is 0. The predicted octanol–water partition coefficient (Wildman–Crippen LogP) is 3.68. The molecule has 0 aliphatic rings. The van der Waals surface area contributed by atoms with Crippen molar-refractivity contribution < 1.29 is 24.3 Å². The smallest absolute Gasteiger partial charge is 0.300 e. The van der Waals surface area contributed by atoms with Crippen LogP contribution in [-0.2, 0) is 14.4 Å². The highest BCUT2D eigenvalue weighted by Gasteiger charge is 2.06. The van der Waals surface area contributed by atoms with Gasteiger partial charge >= 0.3 is 0 Å². The van der Waals surface area contributed by atoms with Crippen molar-refractivity contribution in [3.63, 3.8) is 0 Å². The van der Waals surface area contributed by atoms with Gasteiger partial charge in [0.25, 0.3) is 5.97 Å². The number of benzene rings is 2. The molecule has 29 heavy (non-hydrogen) atoms. The zero-order valence-corrected chi connectivity index (χ0v) is 16.9. The summed E-state index contributed by atoms with van der Waals surface area (Å²) in [5.41, 5.74) is 7.64. The van der Waals surface area contributed by atoms with Crippen molar-refractivity contribution in [3.05, 3.63) is 77.9 Å². The number of carboxylic acid groups (broad SMARTS) is 1. The summed E-state index contributed by atoms with van der Waals surface area (Å²) in [5.74, 6) is -1.07. The molecule has 0 amide bonds. The Labute approximate surface area is 170 Å². The molecule has 0 heterocycles. The van der Waals surface area contributed by atoms with E-state index in [-0.39, 0.29) is 29.9 Å². The second-order valence-corrected chi connectivity index (χ2v) is 5.76. The van der Waals surface area contributed by atoms with Gasteiger partial charge in [0.1, 0.15) is 5.78 Å². The highest BCUT2D eigenvalue weighted by Crippen LogP contribution is 2.07. The molecule has 2 rings (SSSR count). The molecule has 0 bridgehead atoms. The van der Waals surface area contributed by atoms with Crippen molar-refractivity contribution in [1.82, 2.24) is 6.15 Å². The number of carbonyl (C=O) groups excluding carboxylic acids is 3. The van der Waals surface area contributed by atoms with Gasteiger partial charge in [-0.25, -0.2) is 0 Å². The molecule has 7 heteroatoms. The molecule has 0 aromatic heterocycles. The number of carbonyl (C=O) groups is 4. The van der Waals surface area contributed by atoms with E-state index in [2.05, 4.69) is 0 Å². The van der Waals surface area contributed by atoms with Crippen LogP contribution in [0.3, 0.4) is 0 Å². The minimum absolute atomic E-state index is 0. The molecule has 0 atom stereocenters. The van der Waals surface area contributed by atoms with Crippen molar-refractivity contribution in [3.8, 4) is 0 Å². The number of nitrogens with two attached hydrogens (primary N) is 1. The lowest BCUT2D eigenvalue weighted by atomic mass is 10.1. The number of allylic oxidation sites excluding steroid dienone is 1. The van der Waals surface area contributed by atoms with Crippen LogP contribution >= 0.6 is 0 Å². The molecule has 0 spiro atoms. The fourth-order valence-electron chi connectivity index (χ4n) is 1.89. The van der Waals surface area contributed by atoms with Gasteiger partial charge in [0, 0.05) is 24.3 Å². The number of carboxylic acids is 1. The highest BCUT2D eigenvalue weighted by molar-refractivity contribution is 6.07. The van der Waals surface area contributed by atoms with Crippen LogP contribution < -0.4 is 11.9 Å². The van der Waals surface area contributed by atoms with Crippen molar-refractivity contribution in [2.24, 2.45) is 5.73 Å². The Kier molecular flexibility index (Phi) is 14.7. The van der Waals surface area contributed by atoms with E-state index in [0.717, 1.165) is 12.5 Å². The second kappa shape index (κ2) is 15.5. The van der Waals surface area contributed by atoms with Crippen LogP contribution in [0, 0.1) is 0 Å². The van der Waals surface area contributed by atoms with Crippen LogP contribution in [0.2, 0.25) is 0 Å². The molecule has 156 valence electrons. The number of aliphatic carboxylic acids is 1. The third-order valence-electron chi connectivity index (χ3n) is 2.97. The van der Waals surface area contributed by atoms with Gasteiger partial charge in [-0.1, -0.05) is 60.7 Å². The van der Waals surface area contributed by atoms with Crippen LogP contribution in [-0.4, -0.2) is 28.4 Å². The lowest BCUT2D eigenvalue weighted by Gasteiger charge is -1.98. The first-order valence-electron chi connectivity index (χ1n) is 8.43. The quantitative estimate of drug-likeness (QED) is 0.393. The van der Waals surface area contributed by atoms with Gasteiger partial charge < -0.3 is 17.0 Å². The minimum Gasteiger partial charge on any atom is -0.481 e. The first-order valence-corrected chi connectivity index (χ1v) is 8.43. The van der Waals surface area contributed by atoms with E-state index in [9.17, 15) is 14.4 Å². The summed E-state index contributed by atoms with van der Waals surface area (Å²) in [5, 5.41) is 7.42. The van der Waals surface area contributed by atoms with Crippen molar-refractivity contribution in [1.29, 1.82) is 0 Å². The maximum atomic E-state index is 11.2. The maximum absolute atomic E-state index is 11.2. The second-order valence-electron chi connectivity index (χ2n) is 5.76. The summed E-state index contributed by atoms with van der Waals surface area (Å²) in [6, 6.07) is 18.3. The molecule has 0 fully saturated rings. The molecule has 0 saturated carbocycles. The Morgan fingerprint density at radius 2 is 1.21 bits per heavy atom. The zero-order valence-electron chi connectivity index (χ0n) is 16.9. The Hall–Kier alpha value is -3.58. The van der Waals surface area contributed by atoms with Gasteiger partial charge in [-0.15, -0.1) is 0 Å². The summed E-state index contributed by atoms with van der Waals surface area (Å²) in [7, 11) is 0. The van der Waals surface area contributed by atoms with Gasteiger partial charge in [0.15, 0.2) is 11.6 Å². The summed E-state index contributed by atoms with van der Waals surface area (Å²) in [4.78, 5) is 41.5. The van der Waals surface area contributed by atoms with Gasteiger partial charge in [-0.3, -0.25) is 19.2 Å². The molecule has 0 aliphatic carbocycles. The number of rotatable bonds is 5. The van der Waals surface area contributed by atoms with Crippen LogP contribution in [0.15, 0.2) is 66.7 Å². The average molecular weight is 400 g/mol. The number of Topliss-reactive ketones (excluding diaryl/α,β-unsaturated/α-hetero) is 2. The van der Waals surface area contributed by atoms with E-state index >= 15 is 0 Å². The average Bonchev–Trinajstić information content (AvgIpc) is 2.62. The van der Waals surface area contributed by atoms with Crippen LogP contribution in [0.5, 0.6) is 0 Å². The predicted molar refractivity (Wildman–Crippen MR) is 114 cm³/mol. The number of ketones is 3. The van der Waals surface area contributed by atoms with E-state index < -0.39 is 5.97 Å². The van der Waals surface area contributed by atoms with E-state index in [1.165, 1.54) is 19.9 Å². The Morgan fingerprint density at radius 1 is 0.828 bits per heavy atom. The lowest BCUT2D eigenvalue weighted by Crippen LogP contribution is -2.04. The molecule has 7 nitrogen and oxygen atoms in total. The number of hydrogen-bond acceptors (Lipinski definition) is 6. The largest absolute Gasteiger partial charge is 0.481 e. The van der Waals surface area contributed by atoms with E-state index in [4.69, 9.17) is 15.6 Å². The fourth-order valence-corrected chi connectivity index (χ4v) is 1.89. The summed E-state index contributed by atoms with van der Waals surface area (Å²) in [6.07, 6.45) is 1.43. The van der Waals surface area contributed by atoms with Crippen LogP contribution in [0.4, 0.5) is 0 Å². The lowest BCUT2D eigenvalue weighted by molar-refractivity contribution is -0.134. The fraction of sp³-hybridized carbons (Fsp3) is 0.182. The van der Waals surface area contributed by atoms with Crippen LogP contribution in [0.25, 0.3) is 5.70 Å². The first-order chi connectivity index (χ1) is 13.1. The first kappa shape index (κ1) is 27.6. The summed E-state index contributed by atoms with van der Waals surface area (Å²) < 4.78 is 0. The van der Waals surface area contributed by atoms with Crippen LogP contribution in [0.1, 0.15) is 43.1 Å². The normalized spacial score (nSPS) is 9.41. The van der Waals surface area contributed by atoms with Gasteiger partial charge in [-0.05, 0) is 19.4 Å². The summed E-state index contributed by atoms with van der Waals surface area (Å²) in [6.45, 7) is 3.98. The monoisotopic (exact) mass is 400 g/mol. The molecular formula is C22H28N2O5. The van der Waals surface area contributed by atoms with Crippen molar-refractivity contribution in [2.75, 3.05) is 0 Å². The molecular weight excluding hydrogens is 372 g/mol. The SMILES string of the molecule is CC(=O)/C=C(\N)c1ccccc1.CC(=O)CC(=O)c1ccccc1.CC(=O)O.N. The Morgan fingerprint density at radius 3 is 1.55 bits per heavy atom. The Balaban J connectivity index is 0. The standard InChI is InChI=1S/C10H11NO.C10H10O2.C2H4O2.H3N/c1-8(12)7-10(11)9-5-3-2-4-6-9;1-8(11)7-10(12)9-5-3-2-4-6-9;1-2(3)4;/h2-7H,11H2,1H3;2-6H,7H2,1H3;1H3,(H,3,4);1H3/b10-7-;;;. The van der Waals surface area contributed by atoms with E-state index in [0.29, 0.717) is 11.3 Å². The number of hydrogen-bond donors (Lipinski definition) is 3. The topological polar surface area (TPSA) is 150 Å². The molecule has 2 aromatic rings. The van der Waals surface area contributed by atoms with Crippen molar-refractivity contribution >= 4 is 29.0 Å². The molecule has 2 aromatic carbocycles. The zero-order chi connectivity index (χ0) is 21.5.